The van der Waals surface area contributed by atoms with Gasteiger partial charge in [-0.3, -0.25) is 4.79 Å². The molecule has 1 fully saturated rings. The molecule has 1 N–H and O–H groups in total. The van der Waals surface area contributed by atoms with E-state index in [4.69, 9.17) is 9.47 Å². The molecule has 1 aliphatic rings. The topological polar surface area (TPSA) is 47.6 Å². The zero-order valence-electron chi connectivity index (χ0n) is 13.9. The van der Waals surface area contributed by atoms with E-state index in [0.717, 1.165) is 29.9 Å². The second-order valence-electron chi connectivity index (χ2n) is 6.10. The van der Waals surface area contributed by atoms with E-state index in [2.05, 4.69) is 5.32 Å². The minimum atomic E-state index is -0.0221. The van der Waals surface area contributed by atoms with Gasteiger partial charge in [0.2, 0.25) is 5.91 Å². The number of hydrogen-bond acceptors (Lipinski definition) is 3. The van der Waals surface area contributed by atoms with Crippen LogP contribution in [0.25, 0.3) is 0 Å². The Morgan fingerprint density at radius 3 is 2.33 bits per heavy atom. The van der Waals surface area contributed by atoms with Crippen LogP contribution < -0.4 is 10.1 Å². The molecule has 0 spiro atoms. The van der Waals surface area contributed by atoms with E-state index < -0.39 is 0 Å². The van der Waals surface area contributed by atoms with E-state index in [1.807, 2.05) is 61.5 Å². The third kappa shape index (κ3) is 4.36. The largest absolute Gasteiger partial charge is 0.457 e. The first-order valence-electron chi connectivity index (χ1n) is 8.43. The average molecular weight is 325 g/mol. The molecule has 0 radical (unpaired) electrons. The van der Waals surface area contributed by atoms with Crippen molar-refractivity contribution < 1.29 is 14.3 Å². The zero-order valence-corrected chi connectivity index (χ0v) is 13.9. The van der Waals surface area contributed by atoms with Crippen molar-refractivity contribution in [2.24, 2.45) is 5.92 Å². The van der Waals surface area contributed by atoms with Gasteiger partial charge in [0.1, 0.15) is 11.5 Å². The fraction of sp³-hybridized carbons (Fsp3) is 0.350. The Labute approximate surface area is 142 Å². The van der Waals surface area contributed by atoms with Gasteiger partial charge in [0, 0.05) is 19.1 Å². The van der Waals surface area contributed by atoms with Crippen molar-refractivity contribution in [1.82, 2.24) is 5.32 Å². The lowest BCUT2D eigenvalue weighted by molar-refractivity contribution is -0.128. The standard InChI is InChI=1S/C20H23NO3/c1-15(21-20(22)17-11-13-23-14-12-17)16-7-9-19(10-8-16)24-18-5-3-2-4-6-18/h2-10,15,17H,11-14H2,1H3,(H,21,22)/t15-/m0/s1. The number of nitrogens with one attached hydrogen (secondary N) is 1. The van der Waals surface area contributed by atoms with E-state index in [1.165, 1.54) is 0 Å². The van der Waals surface area contributed by atoms with Gasteiger partial charge in [-0.1, -0.05) is 30.3 Å². The van der Waals surface area contributed by atoms with Crippen molar-refractivity contribution in [2.75, 3.05) is 13.2 Å². The highest BCUT2D eigenvalue weighted by molar-refractivity contribution is 5.79. The molecule has 0 aromatic heterocycles. The van der Waals surface area contributed by atoms with Crippen molar-refractivity contribution >= 4 is 5.91 Å². The maximum absolute atomic E-state index is 12.3. The van der Waals surface area contributed by atoms with E-state index in [1.54, 1.807) is 0 Å². The minimum absolute atomic E-state index is 0.0221. The van der Waals surface area contributed by atoms with Gasteiger partial charge >= 0.3 is 0 Å². The van der Waals surface area contributed by atoms with E-state index in [0.29, 0.717) is 13.2 Å². The molecule has 1 aliphatic heterocycles. The second-order valence-corrected chi connectivity index (χ2v) is 6.10. The van der Waals surface area contributed by atoms with Crippen LogP contribution in [0.15, 0.2) is 54.6 Å². The third-order valence-electron chi connectivity index (χ3n) is 4.31. The third-order valence-corrected chi connectivity index (χ3v) is 4.31. The molecule has 2 aromatic rings. The van der Waals surface area contributed by atoms with Crippen LogP contribution in [-0.2, 0) is 9.53 Å². The quantitative estimate of drug-likeness (QED) is 0.901. The van der Waals surface area contributed by atoms with Crippen LogP contribution in [0.4, 0.5) is 0 Å². The van der Waals surface area contributed by atoms with Crippen molar-refractivity contribution in [2.45, 2.75) is 25.8 Å². The van der Waals surface area contributed by atoms with Crippen molar-refractivity contribution in [3.05, 3.63) is 60.2 Å². The van der Waals surface area contributed by atoms with Crippen LogP contribution in [0, 0.1) is 5.92 Å². The summed E-state index contributed by atoms with van der Waals surface area (Å²) in [6.45, 7) is 3.36. The minimum Gasteiger partial charge on any atom is -0.457 e. The molecule has 0 unspecified atom stereocenters. The van der Waals surface area contributed by atoms with Crippen LogP contribution in [0.2, 0.25) is 0 Å². The fourth-order valence-electron chi connectivity index (χ4n) is 2.82. The number of amides is 1. The maximum atomic E-state index is 12.3. The summed E-state index contributed by atoms with van der Waals surface area (Å²) in [5.41, 5.74) is 1.07. The average Bonchev–Trinajstić information content (AvgIpc) is 2.64. The van der Waals surface area contributed by atoms with Crippen molar-refractivity contribution in [1.29, 1.82) is 0 Å². The van der Waals surface area contributed by atoms with Gasteiger partial charge < -0.3 is 14.8 Å². The van der Waals surface area contributed by atoms with Crippen LogP contribution in [0.5, 0.6) is 11.5 Å². The molecular formula is C20H23NO3. The van der Waals surface area contributed by atoms with E-state index in [9.17, 15) is 4.79 Å². The Kier molecular flexibility index (Phi) is 5.49. The zero-order chi connectivity index (χ0) is 16.8. The Bertz CT molecular complexity index is 648. The molecule has 1 saturated heterocycles. The molecule has 1 heterocycles. The fourth-order valence-corrected chi connectivity index (χ4v) is 2.82. The number of para-hydroxylation sites is 1. The number of benzene rings is 2. The number of ether oxygens (including phenoxy) is 2. The van der Waals surface area contributed by atoms with Gasteiger partial charge in [0.05, 0.1) is 6.04 Å². The smallest absolute Gasteiger partial charge is 0.223 e. The molecule has 2 aromatic carbocycles. The Morgan fingerprint density at radius 1 is 1.04 bits per heavy atom. The van der Waals surface area contributed by atoms with Crippen LogP contribution in [-0.4, -0.2) is 19.1 Å². The number of hydrogen-bond donors (Lipinski definition) is 1. The van der Waals surface area contributed by atoms with Crippen molar-refractivity contribution in [3.63, 3.8) is 0 Å². The first-order valence-corrected chi connectivity index (χ1v) is 8.43. The van der Waals surface area contributed by atoms with Gasteiger partial charge in [-0.25, -0.2) is 0 Å². The van der Waals surface area contributed by atoms with Gasteiger partial charge in [-0.15, -0.1) is 0 Å². The highest BCUT2D eigenvalue weighted by atomic mass is 16.5. The van der Waals surface area contributed by atoms with Crippen LogP contribution >= 0.6 is 0 Å². The van der Waals surface area contributed by atoms with Gasteiger partial charge in [-0.05, 0) is 49.6 Å². The van der Waals surface area contributed by atoms with Gasteiger partial charge in [-0.2, -0.15) is 0 Å². The Hall–Kier alpha value is -2.33. The summed E-state index contributed by atoms with van der Waals surface area (Å²) in [7, 11) is 0. The molecular weight excluding hydrogens is 302 g/mol. The highest BCUT2D eigenvalue weighted by Crippen LogP contribution is 2.24. The second kappa shape index (κ2) is 7.97. The van der Waals surface area contributed by atoms with Crippen LogP contribution in [0.1, 0.15) is 31.4 Å². The summed E-state index contributed by atoms with van der Waals surface area (Å²) in [5.74, 6) is 1.79. The number of rotatable bonds is 5. The van der Waals surface area contributed by atoms with Crippen molar-refractivity contribution in [3.8, 4) is 11.5 Å². The molecule has 1 amide bonds. The highest BCUT2D eigenvalue weighted by Gasteiger charge is 2.22. The molecule has 1 atom stereocenters. The van der Waals surface area contributed by atoms with Crippen LogP contribution in [0.3, 0.4) is 0 Å². The Balaban J connectivity index is 1.57. The number of carbonyl (C=O) groups excluding carboxylic acids is 1. The molecule has 126 valence electrons. The predicted octanol–water partition coefficient (Wildman–Crippen LogP) is 4.08. The normalized spacial score (nSPS) is 16.4. The molecule has 4 heteroatoms. The first-order chi connectivity index (χ1) is 11.7. The molecule has 0 saturated carbocycles. The summed E-state index contributed by atoms with van der Waals surface area (Å²) < 4.78 is 11.1. The summed E-state index contributed by atoms with van der Waals surface area (Å²) in [6.07, 6.45) is 1.62. The predicted molar refractivity (Wildman–Crippen MR) is 93.1 cm³/mol. The lowest BCUT2D eigenvalue weighted by Crippen LogP contribution is -2.35. The maximum Gasteiger partial charge on any atom is 0.223 e. The lowest BCUT2D eigenvalue weighted by Gasteiger charge is -2.23. The van der Waals surface area contributed by atoms with E-state index in [-0.39, 0.29) is 17.9 Å². The summed E-state index contributed by atoms with van der Waals surface area (Å²) in [6, 6.07) is 17.5. The number of carbonyl (C=O) groups is 1. The SMILES string of the molecule is C[C@H](NC(=O)C1CCOCC1)c1ccc(Oc2ccccc2)cc1. The monoisotopic (exact) mass is 325 g/mol. The summed E-state index contributed by atoms with van der Waals surface area (Å²) in [4.78, 5) is 12.3. The van der Waals surface area contributed by atoms with E-state index >= 15 is 0 Å². The van der Waals surface area contributed by atoms with Gasteiger partial charge in [0.25, 0.3) is 0 Å². The van der Waals surface area contributed by atoms with Gasteiger partial charge in [0.15, 0.2) is 0 Å². The summed E-state index contributed by atoms with van der Waals surface area (Å²) in [5, 5.41) is 3.10. The molecule has 0 bridgehead atoms. The summed E-state index contributed by atoms with van der Waals surface area (Å²) >= 11 is 0. The molecule has 3 rings (SSSR count). The molecule has 0 aliphatic carbocycles. The lowest BCUT2D eigenvalue weighted by atomic mass is 9.98. The first kappa shape index (κ1) is 16.5. The Morgan fingerprint density at radius 2 is 1.67 bits per heavy atom. The molecule has 4 nitrogen and oxygen atoms in total. The molecule has 24 heavy (non-hydrogen) atoms.